The van der Waals surface area contributed by atoms with E-state index in [1.54, 1.807) is 48.5 Å². The number of primary amides is 2. The van der Waals surface area contributed by atoms with E-state index in [0.717, 1.165) is 0 Å². The molecule has 0 saturated heterocycles. The first-order chi connectivity index (χ1) is 9.40. The van der Waals surface area contributed by atoms with Crippen molar-refractivity contribution in [1.82, 2.24) is 0 Å². The molecule has 2 amide bonds. The van der Waals surface area contributed by atoms with Gasteiger partial charge in [0.1, 0.15) is 0 Å². The molecule has 0 aliphatic rings. The Kier molecular flexibility index (Phi) is 5.11. The fourth-order valence-corrected chi connectivity index (χ4v) is 1.29. The maximum Gasteiger partial charge on any atom is 0.248 e. The van der Waals surface area contributed by atoms with E-state index >= 15 is 0 Å². The van der Waals surface area contributed by atoms with Crippen LogP contribution in [0.3, 0.4) is 0 Å². The van der Waals surface area contributed by atoms with Gasteiger partial charge in [0.05, 0.1) is 0 Å². The Hall–Kier alpha value is -3.02. The maximum absolute atomic E-state index is 10.5. The van der Waals surface area contributed by atoms with Crippen LogP contribution >= 0.6 is 0 Å². The first kappa shape index (κ1) is 15.0. The van der Waals surface area contributed by atoms with Gasteiger partial charge in [0.25, 0.3) is 0 Å². The summed E-state index contributed by atoms with van der Waals surface area (Å²) in [5.41, 5.74) is 22.9. The zero-order chi connectivity index (χ0) is 15.1. The van der Waals surface area contributed by atoms with Gasteiger partial charge in [-0.05, 0) is 48.5 Å². The van der Waals surface area contributed by atoms with Crippen molar-refractivity contribution in [3.05, 3.63) is 59.7 Å². The van der Waals surface area contributed by atoms with Crippen molar-refractivity contribution in [3.63, 3.8) is 0 Å². The lowest BCUT2D eigenvalue weighted by molar-refractivity contribution is 0.0992. The Morgan fingerprint density at radius 3 is 1.05 bits per heavy atom. The van der Waals surface area contributed by atoms with E-state index in [9.17, 15) is 9.59 Å². The Morgan fingerprint density at radius 1 is 0.600 bits per heavy atom. The largest absolute Gasteiger partial charge is 0.399 e. The highest BCUT2D eigenvalue weighted by molar-refractivity contribution is 5.93. The van der Waals surface area contributed by atoms with Crippen LogP contribution in [0.15, 0.2) is 48.5 Å². The van der Waals surface area contributed by atoms with Gasteiger partial charge in [0.15, 0.2) is 0 Å². The number of carbonyl (C=O) groups excluding carboxylic acids is 2. The van der Waals surface area contributed by atoms with E-state index in [-0.39, 0.29) is 0 Å². The van der Waals surface area contributed by atoms with Crippen molar-refractivity contribution in [3.8, 4) is 0 Å². The van der Waals surface area contributed by atoms with E-state index in [0.29, 0.717) is 22.5 Å². The summed E-state index contributed by atoms with van der Waals surface area (Å²) in [5.74, 6) is -0.861. The summed E-state index contributed by atoms with van der Waals surface area (Å²) in [5, 5.41) is 0. The normalized spacial score (nSPS) is 9.20. The third-order valence-electron chi connectivity index (χ3n) is 2.39. The molecule has 2 aromatic rings. The van der Waals surface area contributed by atoms with Gasteiger partial charge in [-0.3, -0.25) is 9.59 Å². The lowest BCUT2D eigenvalue weighted by atomic mass is 10.2. The molecule has 0 spiro atoms. The number of benzene rings is 2. The lowest BCUT2D eigenvalue weighted by Gasteiger charge is -1.93. The molecule has 0 bridgehead atoms. The van der Waals surface area contributed by atoms with E-state index in [2.05, 4.69) is 0 Å². The highest BCUT2D eigenvalue weighted by Crippen LogP contribution is 2.04. The Labute approximate surface area is 116 Å². The van der Waals surface area contributed by atoms with Crippen LogP contribution < -0.4 is 22.9 Å². The van der Waals surface area contributed by atoms with E-state index < -0.39 is 11.8 Å². The van der Waals surface area contributed by atoms with Crippen LogP contribution in [0, 0.1) is 0 Å². The minimum Gasteiger partial charge on any atom is -0.399 e. The van der Waals surface area contributed by atoms with Crippen LogP contribution in [0.25, 0.3) is 0 Å². The SMILES string of the molecule is NC(=O)c1ccc(N)cc1.NC(=O)c1ccc(N)cc1. The molecule has 0 aliphatic heterocycles. The molecule has 0 atom stereocenters. The Balaban J connectivity index is 0.000000200. The first-order valence-corrected chi connectivity index (χ1v) is 5.71. The van der Waals surface area contributed by atoms with Crippen LogP contribution in [0.1, 0.15) is 20.7 Å². The number of hydrogen-bond donors (Lipinski definition) is 4. The summed E-state index contributed by atoms with van der Waals surface area (Å²) in [7, 11) is 0. The molecule has 2 rings (SSSR count). The van der Waals surface area contributed by atoms with E-state index in [1.165, 1.54) is 0 Å². The van der Waals surface area contributed by atoms with Crippen molar-refractivity contribution in [2.45, 2.75) is 0 Å². The molecule has 0 aromatic heterocycles. The smallest absolute Gasteiger partial charge is 0.248 e. The van der Waals surface area contributed by atoms with Crippen LogP contribution in [0.5, 0.6) is 0 Å². The van der Waals surface area contributed by atoms with Gasteiger partial charge < -0.3 is 22.9 Å². The molecule has 8 N–H and O–H groups in total. The summed E-state index contributed by atoms with van der Waals surface area (Å²) < 4.78 is 0. The van der Waals surface area contributed by atoms with Gasteiger partial charge in [-0.25, -0.2) is 0 Å². The maximum atomic E-state index is 10.5. The molecular formula is C14H16N4O2. The molecular weight excluding hydrogens is 256 g/mol. The minimum absolute atomic E-state index is 0.431. The number of nitrogens with two attached hydrogens (primary N) is 4. The predicted octanol–water partition coefficient (Wildman–Crippen LogP) is 0.735. The third-order valence-corrected chi connectivity index (χ3v) is 2.39. The standard InChI is InChI=1S/2C7H8N2O/c2*8-6-3-1-5(2-4-6)7(9)10/h2*1-4H,8H2,(H2,9,10). The highest BCUT2D eigenvalue weighted by atomic mass is 16.1. The second kappa shape index (κ2) is 6.79. The monoisotopic (exact) mass is 272 g/mol. The van der Waals surface area contributed by atoms with Crippen LogP contribution in [0.4, 0.5) is 11.4 Å². The third kappa shape index (κ3) is 4.69. The molecule has 0 radical (unpaired) electrons. The van der Waals surface area contributed by atoms with Crippen molar-refractivity contribution in [2.75, 3.05) is 11.5 Å². The highest BCUT2D eigenvalue weighted by Gasteiger charge is 1.97. The molecule has 6 nitrogen and oxygen atoms in total. The zero-order valence-corrected chi connectivity index (χ0v) is 10.7. The molecule has 0 fully saturated rings. The fraction of sp³-hybridized carbons (Fsp3) is 0. The average molecular weight is 272 g/mol. The number of amides is 2. The number of hydrogen-bond acceptors (Lipinski definition) is 4. The van der Waals surface area contributed by atoms with E-state index in [4.69, 9.17) is 22.9 Å². The first-order valence-electron chi connectivity index (χ1n) is 5.71. The van der Waals surface area contributed by atoms with Crippen molar-refractivity contribution >= 4 is 23.2 Å². The molecule has 104 valence electrons. The number of nitrogen functional groups attached to an aromatic ring is 2. The lowest BCUT2D eigenvalue weighted by Crippen LogP contribution is -2.10. The summed E-state index contributed by atoms with van der Waals surface area (Å²) in [4.78, 5) is 21.0. The summed E-state index contributed by atoms with van der Waals surface area (Å²) in [6.45, 7) is 0. The molecule has 2 aromatic carbocycles. The van der Waals surface area contributed by atoms with Gasteiger partial charge in [-0.15, -0.1) is 0 Å². The Bertz CT molecular complexity index is 536. The quantitative estimate of drug-likeness (QED) is 0.598. The van der Waals surface area contributed by atoms with Crippen LogP contribution in [-0.2, 0) is 0 Å². The van der Waals surface area contributed by atoms with Crippen LogP contribution in [0.2, 0.25) is 0 Å². The summed E-state index contributed by atoms with van der Waals surface area (Å²) in [6.07, 6.45) is 0. The summed E-state index contributed by atoms with van der Waals surface area (Å²) >= 11 is 0. The van der Waals surface area contributed by atoms with Crippen LogP contribution in [-0.4, -0.2) is 11.8 Å². The minimum atomic E-state index is -0.431. The molecule has 0 aliphatic carbocycles. The van der Waals surface area contributed by atoms with Crippen molar-refractivity contribution in [2.24, 2.45) is 11.5 Å². The number of rotatable bonds is 2. The van der Waals surface area contributed by atoms with E-state index in [1.807, 2.05) is 0 Å². The topological polar surface area (TPSA) is 138 Å². The second-order valence-corrected chi connectivity index (χ2v) is 3.97. The number of carbonyl (C=O) groups is 2. The van der Waals surface area contributed by atoms with Gasteiger partial charge in [0, 0.05) is 22.5 Å². The molecule has 0 unspecified atom stereocenters. The fourth-order valence-electron chi connectivity index (χ4n) is 1.29. The average Bonchev–Trinajstić information content (AvgIpc) is 2.40. The second-order valence-electron chi connectivity index (χ2n) is 3.97. The molecule has 20 heavy (non-hydrogen) atoms. The van der Waals surface area contributed by atoms with Gasteiger partial charge >= 0.3 is 0 Å². The zero-order valence-electron chi connectivity index (χ0n) is 10.7. The van der Waals surface area contributed by atoms with Gasteiger partial charge in [-0.2, -0.15) is 0 Å². The molecule has 0 heterocycles. The van der Waals surface area contributed by atoms with Crippen molar-refractivity contribution in [1.29, 1.82) is 0 Å². The number of anilines is 2. The van der Waals surface area contributed by atoms with Gasteiger partial charge in [0.2, 0.25) is 11.8 Å². The van der Waals surface area contributed by atoms with Gasteiger partial charge in [-0.1, -0.05) is 0 Å². The molecule has 6 heteroatoms. The van der Waals surface area contributed by atoms with Crippen molar-refractivity contribution < 1.29 is 9.59 Å². The molecule has 0 saturated carbocycles. The summed E-state index contributed by atoms with van der Waals surface area (Å²) in [6, 6.07) is 12.9. The Morgan fingerprint density at radius 2 is 0.850 bits per heavy atom. The predicted molar refractivity (Wildman–Crippen MR) is 78.7 cm³/mol.